The van der Waals surface area contributed by atoms with Crippen LogP contribution in [0, 0.1) is 0 Å². The lowest BCUT2D eigenvalue weighted by atomic mass is 10.3. The van der Waals surface area contributed by atoms with Crippen LogP contribution < -0.4 is 0 Å². The average molecular weight is 514 g/mol. The molecule has 0 unspecified atom stereocenters. The Hall–Kier alpha value is 0.314. The highest BCUT2D eigenvalue weighted by Gasteiger charge is 2.61. The zero-order valence-corrected chi connectivity index (χ0v) is 28.1. The van der Waals surface area contributed by atoms with Gasteiger partial charge in [0, 0.05) is 0 Å². The molecule has 0 bridgehead atoms. The SMILES string of the molecule is CCCCCN([Si](C(C)C)(C(C)C)N(CCC)CCC)[Si](C(C)C)(C(C)C)N(CCC)CCC. The summed E-state index contributed by atoms with van der Waals surface area (Å²) >= 11 is 0. The van der Waals surface area contributed by atoms with Crippen molar-refractivity contribution < 1.29 is 0 Å². The summed E-state index contributed by atoms with van der Waals surface area (Å²) in [4.78, 5) is 0. The fraction of sp³-hybridized carbons (Fsp3) is 1.00. The molecule has 0 aromatic rings. The molecule has 0 saturated carbocycles. The Morgan fingerprint density at radius 1 is 0.412 bits per heavy atom. The summed E-state index contributed by atoms with van der Waals surface area (Å²) in [5.41, 5.74) is 2.90. The van der Waals surface area contributed by atoms with Crippen molar-refractivity contribution in [2.45, 2.75) is 157 Å². The topological polar surface area (TPSA) is 9.72 Å². The van der Waals surface area contributed by atoms with Crippen molar-refractivity contribution in [2.75, 3.05) is 32.7 Å². The van der Waals surface area contributed by atoms with Crippen molar-refractivity contribution in [2.24, 2.45) is 0 Å². The van der Waals surface area contributed by atoms with Gasteiger partial charge in [0.05, 0.1) is 0 Å². The van der Waals surface area contributed by atoms with Crippen LogP contribution in [0.25, 0.3) is 0 Å². The summed E-state index contributed by atoms with van der Waals surface area (Å²) in [6.45, 7) is 39.1. The molecule has 0 rings (SSSR count). The maximum Gasteiger partial charge on any atom is 0.206 e. The standard InChI is InChI=1S/C29H67N3Si2/c1-14-19-20-25-32(33(26(6)7,27(8)9)30(21-15-2)22-16-3)34(28(10)11,29(12)13)31(23-17-4)24-18-5/h26-29H,14-25H2,1-13H3. The molecule has 0 N–H and O–H groups in total. The predicted molar refractivity (Wildman–Crippen MR) is 162 cm³/mol. The lowest BCUT2D eigenvalue weighted by Gasteiger charge is -2.65. The van der Waals surface area contributed by atoms with Crippen molar-refractivity contribution in [3.63, 3.8) is 0 Å². The summed E-state index contributed by atoms with van der Waals surface area (Å²) in [7, 11) is -3.99. The molecule has 0 aliphatic carbocycles. The number of unbranched alkanes of at least 4 members (excludes halogenated alkanes) is 2. The van der Waals surface area contributed by atoms with Gasteiger partial charge < -0.3 is 13.4 Å². The highest BCUT2D eigenvalue weighted by molar-refractivity contribution is 6.92. The number of nitrogens with zero attached hydrogens (tertiary/aromatic N) is 3. The van der Waals surface area contributed by atoms with E-state index in [-0.39, 0.29) is 0 Å². The minimum absolute atomic E-state index is 0.724. The van der Waals surface area contributed by atoms with E-state index in [1.807, 2.05) is 0 Å². The van der Waals surface area contributed by atoms with E-state index in [2.05, 4.69) is 103 Å². The molecular weight excluding hydrogens is 447 g/mol. The minimum atomic E-state index is -2.00. The maximum atomic E-state index is 3.39. The van der Waals surface area contributed by atoms with Crippen molar-refractivity contribution in [3.05, 3.63) is 0 Å². The molecule has 0 spiro atoms. The van der Waals surface area contributed by atoms with Gasteiger partial charge >= 0.3 is 0 Å². The van der Waals surface area contributed by atoms with Gasteiger partial charge in [0.2, 0.25) is 16.8 Å². The van der Waals surface area contributed by atoms with Crippen molar-refractivity contribution in [1.82, 2.24) is 13.4 Å². The third-order valence-corrected chi connectivity index (χ3v) is 22.3. The van der Waals surface area contributed by atoms with Gasteiger partial charge in [-0.3, -0.25) is 0 Å². The molecule has 0 aliphatic heterocycles. The van der Waals surface area contributed by atoms with Gasteiger partial charge in [0.1, 0.15) is 0 Å². The van der Waals surface area contributed by atoms with Gasteiger partial charge in [0.25, 0.3) is 0 Å². The molecule has 3 nitrogen and oxygen atoms in total. The van der Waals surface area contributed by atoms with Crippen LogP contribution in [-0.2, 0) is 0 Å². The fourth-order valence-electron chi connectivity index (χ4n) is 7.57. The normalized spacial score (nSPS) is 13.8. The average Bonchev–Trinajstić information content (AvgIpc) is 2.74. The Kier molecular flexibility index (Phi) is 17.1. The second kappa shape index (κ2) is 16.9. The fourth-order valence-corrected chi connectivity index (χ4v) is 25.9. The predicted octanol–water partition coefficient (Wildman–Crippen LogP) is 9.25. The first-order valence-corrected chi connectivity index (χ1v) is 19.4. The molecule has 0 saturated heterocycles. The first-order chi connectivity index (χ1) is 16.0. The van der Waals surface area contributed by atoms with Gasteiger partial charge in [-0.2, -0.15) is 0 Å². The quantitative estimate of drug-likeness (QED) is 0.119. The van der Waals surface area contributed by atoms with E-state index in [4.69, 9.17) is 0 Å². The molecule has 0 aromatic carbocycles. The summed E-state index contributed by atoms with van der Waals surface area (Å²) in [5.74, 6) is 0. The highest BCUT2D eigenvalue weighted by Crippen LogP contribution is 2.48. The highest BCUT2D eigenvalue weighted by atomic mass is 28.4. The van der Waals surface area contributed by atoms with Crippen molar-refractivity contribution in [1.29, 1.82) is 0 Å². The van der Waals surface area contributed by atoms with Crippen molar-refractivity contribution >= 4 is 16.8 Å². The largest absolute Gasteiger partial charge is 0.320 e. The zero-order valence-electron chi connectivity index (χ0n) is 26.1. The molecule has 0 radical (unpaired) electrons. The lowest BCUT2D eigenvalue weighted by molar-refractivity contribution is 0.300. The van der Waals surface area contributed by atoms with Gasteiger partial charge in [-0.05, 0) is 87.0 Å². The summed E-state index contributed by atoms with van der Waals surface area (Å²) in [6.07, 6.45) is 9.10. The lowest BCUT2D eigenvalue weighted by Crippen LogP contribution is -2.82. The first kappa shape index (κ1) is 34.3. The van der Waals surface area contributed by atoms with Crippen LogP contribution in [0.1, 0.15) is 135 Å². The van der Waals surface area contributed by atoms with Crippen LogP contribution in [0.3, 0.4) is 0 Å². The summed E-state index contributed by atoms with van der Waals surface area (Å²) < 4.78 is 9.57. The Labute approximate surface area is 219 Å². The molecule has 0 aliphatic rings. The minimum Gasteiger partial charge on any atom is -0.320 e. The second-order valence-electron chi connectivity index (χ2n) is 12.0. The molecular formula is C29H67N3Si2. The smallest absolute Gasteiger partial charge is 0.206 e. The van der Waals surface area contributed by atoms with Crippen LogP contribution in [0.15, 0.2) is 0 Å². The summed E-state index contributed by atoms with van der Waals surface area (Å²) in [6, 6.07) is 0. The van der Waals surface area contributed by atoms with E-state index in [0.29, 0.717) is 0 Å². The number of hydrogen-bond donors (Lipinski definition) is 0. The molecule has 0 fully saturated rings. The zero-order chi connectivity index (χ0) is 26.5. The molecule has 5 heteroatoms. The van der Waals surface area contributed by atoms with Gasteiger partial charge in [-0.25, -0.2) is 0 Å². The van der Waals surface area contributed by atoms with E-state index >= 15 is 0 Å². The molecule has 34 heavy (non-hydrogen) atoms. The summed E-state index contributed by atoms with van der Waals surface area (Å²) in [5, 5.41) is 0. The number of hydrogen-bond acceptors (Lipinski definition) is 3. The monoisotopic (exact) mass is 513 g/mol. The van der Waals surface area contributed by atoms with E-state index in [0.717, 1.165) is 22.2 Å². The van der Waals surface area contributed by atoms with Gasteiger partial charge in [-0.15, -0.1) is 0 Å². The van der Waals surface area contributed by atoms with Crippen molar-refractivity contribution in [3.8, 4) is 0 Å². The van der Waals surface area contributed by atoms with Crippen LogP contribution in [0.4, 0.5) is 0 Å². The first-order valence-electron chi connectivity index (χ1n) is 15.3. The molecule has 206 valence electrons. The van der Waals surface area contributed by atoms with E-state index in [9.17, 15) is 0 Å². The second-order valence-corrected chi connectivity index (χ2v) is 22.6. The molecule has 0 heterocycles. The van der Waals surface area contributed by atoms with Crippen LogP contribution >= 0.6 is 0 Å². The molecule has 0 atom stereocenters. The van der Waals surface area contributed by atoms with E-state index in [1.54, 1.807) is 0 Å². The van der Waals surface area contributed by atoms with E-state index < -0.39 is 16.8 Å². The third-order valence-electron chi connectivity index (χ3n) is 8.24. The Morgan fingerprint density at radius 3 is 0.912 bits per heavy atom. The maximum absolute atomic E-state index is 3.39. The molecule has 0 amide bonds. The Bertz CT molecular complexity index is 440. The Morgan fingerprint density at radius 2 is 0.706 bits per heavy atom. The van der Waals surface area contributed by atoms with Gasteiger partial charge in [0.15, 0.2) is 0 Å². The Balaban J connectivity index is 7.49. The van der Waals surface area contributed by atoms with E-state index in [1.165, 1.54) is 77.7 Å². The van der Waals surface area contributed by atoms with Crippen LogP contribution in [-0.4, -0.2) is 62.9 Å². The number of rotatable bonds is 20. The van der Waals surface area contributed by atoms with Crippen LogP contribution in [0.2, 0.25) is 22.2 Å². The third kappa shape index (κ3) is 7.43. The molecule has 0 aromatic heterocycles. The van der Waals surface area contributed by atoms with Gasteiger partial charge in [-0.1, -0.05) is 103 Å². The van der Waals surface area contributed by atoms with Crippen LogP contribution in [0.5, 0.6) is 0 Å².